The van der Waals surface area contributed by atoms with Crippen LogP contribution in [0.1, 0.15) is 29.7 Å². The molecule has 0 unspecified atom stereocenters. The Labute approximate surface area is 192 Å². The van der Waals surface area contributed by atoms with Gasteiger partial charge in [0.15, 0.2) is 12.2 Å². The summed E-state index contributed by atoms with van der Waals surface area (Å²) in [5.41, 5.74) is 4.98. The molecule has 3 atom stereocenters. The quantitative estimate of drug-likeness (QED) is 0.540. The average molecular weight is 446 g/mol. The highest BCUT2D eigenvalue weighted by atomic mass is 16.3. The number of hydrogen-bond donors (Lipinski definition) is 3. The summed E-state index contributed by atoms with van der Waals surface area (Å²) in [6.45, 7) is 2.56. The number of carbonyl (C=O) groups excluding carboxylic acids is 2. The Morgan fingerprint density at radius 1 is 0.939 bits per heavy atom. The first-order valence-electron chi connectivity index (χ1n) is 11.0. The second-order valence-electron chi connectivity index (χ2n) is 8.26. The van der Waals surface area contributed by atoms with Gasteiger partial charge in [-0.25, -0.2) is 0 Å². The second kappa shape index (κ2) is 9.94. The topological polar surface area (TPSA) is 103 Å². The Kier molecular flexibility index (Phi) is 6.82. The number of amides is 2. The smallest absolute Gasteiger partial charge is 0.255 e. The van der Waals surface area contributed by atoms with E-state index < -0.39 is 30.1 Å². The summed E-state index contributed by atoms with van der Waals surface area (Å²) in [5.74, 6) is -1.45. The number of rotatable bonds is 6. The molecule has 0 saturated carbocycles. The van der Waals surface area contributed by atoms with Crippen molar-refractivity contribution in [3.05, 3.63) is 89.7 Å². The SMILES string of the molecule is C[C@H](NC(=O)[C@H](O)[C@@H](O)C(=O)N1CCc2ccccc2C1)c1ccc(-c2cccnc2)cc1. The molecule has 0 radical (unpaired) electrons. The first kappa shape index (κ1) is 22.6. The molecule has 3 N–H and O–H groups in total. The predicted molar refractivity (Wildman–Crippen MR) is 124 cm³/mol. The van der Waals surface area contributed by atoms with E-state index in [0.29, 0.717) is 19.5 Å². The summed E-state index contributed by atoms with van der Waals surface area (Å²) in [6.07, 6.45) is 0.477. The van der Waals surface area contributed by atoms with Crippen molar-refractivity contribution >= 4 is 11.8 Å². The van der Waals surface area contributed by atoms with E-state index >= 15 is 0 Å². The minimum atomic E-state index is -1.85. The number of nitrogens with one attached hydrogen (secondary N) is 1. The Balaban J connectivity index is 1.35. The molecular formula is C26H27N3O4. The average Bonchev–Trinajstić information content (AvgIpc) is 2.87. The molecule has 1 aliphatic heterocycles. The van der Waals surface area contributed by atoms with Gasteiger partial charge in [0.2, 0.25) is 0 Å². The van der Waals surface area contributed by atoms with Crippen LogP contribution in [0.25, 0.3) is 11.1 Å². The number of carbonyl (C=O) groups is 2. The van der Waals surface area contributed by atoms with Crippen LogP contribution in [-0.2, 0) is 22.6 Å². The number of aromatic nitrogens is 1. The Bertz CT molecular complexity index is 1120. The van der Waals surface area contributed by atoms with Gasteiger partial charge >= 0.3 is 0 Å². The van der Waals surface area contributed by atoms with Crippen LogP contribution >= 0.6 is 0 Å². The maximum Gasteiger partial charge on any atom is 0.255 e. The summed E-state index contributed by atoms with van der Waals surface area (Å²) in [6, 6.07) is 18.8. The third-order valence-electron chi connectivity index (χ3n) is 6.03. The third kappa shape index (κ3) is 5.10. The normalized spacial score (nSPS) is 15.8. The molecule has 33 heavy (non-hydrogen) atoms. The van der Waals surface area contributed by atoms with Crippen molar-refractivity contribution in [3.63, 3.8) is 0 Å². The maximum atomic E-state index is 12.7. The van der Waals surface area contributed by atoms with Gasteiger partial charge in [-0.1, -0.05) is 54.6 Å². The molecule has 7 heteroatoms. The number of aliphatic hydroxyl groups is 2. The third-order valence-corrected chi connectivity index (χ3v) is 6.03. The van der Waals surface area contributed by atoms with Gasteiger partial charge in [-0.3, -0.25) is 14.6 Å². The first-order chi connectivity index (χ1) is 15.9. The largest absolute Gasteiger partial charge is 0.380 e. The highest BCUT2D eigenvalue weighted by Crippen LogP contribution is 2.22. The highest BCUT2D eigenvalue weighted by molar-refractivity contribution is 5.91. The van der Waals surface area contributed by atoms with Crippen LogP contribution in [0.3, 0.4) is 0 Å². The lowest BCUT2D eigenvalue weighted by Gasteiger charge is -2.31. The van der Waals surface area contributed by atoms with Crippen LogP contribution in [0.4, 0.5) is 0 Å². The van der Waals surface area contributed by atoms with E-state index in [-0.39, 0.29) is 0 Å². The summed E-state index contributed by atoms with van der Waals surface area (Å²) in [4.78, 5) is 30.8. The molecule has 0 aliphatic carbocycles. The molecule has 0 spiro atoms. The van der Waals surface area contributed by atoms with E-state index in [0.717, 1.165) is 27.8 Å². The fourth-order valence-corrected chi connectivity index (χ4v) is 4.03. The Hall–Kier alpha value is -3.55. The molecule has 2 heterocycles. The molecule has 170 valence electrons. The molecule has 4 rings (SSSR count). The molecule has 0 saturated heterocycles. The van der Waals surface area contributed by atoms with E-state index in [9.17, 15) is 19.8 Å². The van der Waals surface area contributed by atoms with Crippen molar-refractivity contribution in [1.82, 2.24) is 15.2 Å². The molecular weight excluding hydrogens is 418 g/mol. The van der Waals surface area contributed by atoms with Gasteiger partial charge in [-0.05, 0) is 47.2 Å². The van der Waals surface area contributed by atoms with Crippen molar-refractivity contribution in [2.45, 2.75) is 38.1 Å². The summed E-state index contributed by atoms with van der Waals surface area (Å²) >= 11 is 0. The summed E-state index contributed by atoms with van der Waals surface area (Å²) in [5, 5.41) is 23.4. The van der Waals surface area contributed by atoms with Crippen LogP contribution in [-0.4, -0.2) is 50.7 Å². The van der Waals surface area contributed by atoms with Gasteiger partial charge in [0.05, 0.1) is 6.04 Å². The second-order valence-corrected chi connectivity index (χ2v) is 8.26. The van der Waals surface area contributed by atoms with Crippen molar-refractivity contribution in [2.24, 2.45) is 0 Å². The van der Waals surface area contributed by atoms with Crippen LogP contribution < -0.4 is 5.32 Å². The Morgan fingerprint density at radius 3 is 2.36 bits per heavy atom. The molecule has 1 aromatic heterocycles. The van der Waals surface area contributed by atoms with E-state index in [4.69, 9.17) is 0 Å². The zero-order valence-electron chi connectivity index (χ0n) is 18.4. The lowest BCUT2D eigenvalue weighted by atomic mass is 9.99. The number of fused-ring (bicyclic) bond motifs is 1. The van der Waals surface area contributed by atoms with Gasteiger partial charge < -0.3 is 20.4 Å². The number of benzene rings is 2. The molecule has 7 nitrogen and oxygen atoms in total. The van der Waals surface area contributed by atoms with Crippen molar-refractivity contribution in [2.75, 3.05) is 6.54 Å². The lowest BCUT2D eigenvalue weighted by Crippen LogP contribution is -2.51. The number of nitrogens with zero attached hydrogens (tertiary/aromatic N) is 2. The van der Waals surface area contributed by atoms with Gasteiger partial charge in [0.25, 0.3) is 11.8 Å². The fourth-order valence-electron chi connectivity index (χ4n) is 4.03. The fraction of sp³-hybridized carbons (Fsp3) is 0.269. The van der Waals surface area contributed by atoms with Crippen molar-refractivity contribution < 1.29 is 19.8 Å². The zero-order chi connectivity index (χ0) is 23.4. The Morgan fingerprint density at radius 2 is 1.67 bits per heavy atom. The number of hydrogen-bond acceptors (Lipinski definition) is 5. The molecule has 3 aromatic rings. The van der Waals surface area contributed by atoms with Crippen LogP contribution in [0, 0.1) is 0 Å². The maximum absolute atomic E-state index is 12.7. The minimum absolute atomic E-state index is 0.347. The standard InChI is InChI=1S/C26H27N3O4/c1-17(18-8-10-20(11-9-18)21-7-4-13-27-15-21)28-25(32)23(30)24(31)26(33)29-14-12-19-5-2-3-6-22(19)16-29/h2-11,13,15,17,23-24,30-31H,12,14,16H2,1H3,(H,28,32)/t17-,23+,24+/m0/s1. The summed E-state index contributed by atoms with van der Waals surface area (Å²) < 4.78 is 0. The number of aliphatic hydroxyl groups excluding tert-OH is 2. The van der Waals surface area contributed by atoms with Crippen molar-refractivity contribution in [3.8, 4) is 11.1 Å². The van der Waals surface area contributed by atoms with Crippen LogP contribution in [0.15, 0.2) is 73.1 Å². The molecule has 2 aromatic carbocycles. The van der Waals surface area contributed by atoms with E-state index in [1.165, 1.54) is 4.90 Å². The lowest BCUT2D eigenvalue weighted by molar-refractivity contribution is -0.154. The van der Waals surface area contributed by atoms with Gasteiger partial charge in [-0.2, -0.15) is 0 Å². The zero-order valence-corrected chi connectivity index (χ0v) is 18.4. The predicted octanol–water partition coefficient (Wildman–Crippen LogP) is 2.23. The van der Waals surface area contributed by atoms with E-state index in [1.54, 1.807) is 19.3 Å². The molecule has 0 fully saturated rings. The number of pyridine rings is 1. The van der Waals surface area contributed by atoms with Crippen molar-refractivity contribution in [1.29, 1.82) is 0 Å². The molecule has 0 bridgehead atoms. The highest BCUT2D eigenvalue weighted by Gasteiger charge is 2.35. The molecule has 2 amide bonds. The van der Waals surface area contributed by atoms with Crippen LogP contribution in [0.2, 0.25) is 0 Å². The molecule has 1 aliphatic rings. The first-order valence-corrected chi connectivity index (χ1v) is 11.0. The summed E-state index contributed by atoms with van der Waals surface area (Å²) in [7, 11) is 0. The van der Waals surface area contributed by atoms with Gasteiger partial charge in [0.1, 0.15) is 0 Å². The monoisotopic (exact) mass is 445 g/mol. The van der Waals surface area contributed by atoms with Gasteiger partial charge in [-0.15, -0.1) is 0 Å². The van der Waals surface area contributed by atoms with E-state index in [2.05, 4.69) is 10.3 Å². The van der Waals surface area contributed by atoms with Gasteiger partial charge in [0, 0.05) is 25.5 Å². The minimum Gasteiger partial charge on any atom is -0.380 e. The van der Waals surface area contributed by atoms with E-state index in [1.807, 2.05) is 60.7 Å². The van der Waals surface area contributed by atoms with Crippen LogP contribution in [0.5, 0.6) is 0 Å².